The Kier molecular flexibility index (Phi) is 6.84. The molecule has 1 fully saturated rings. The van der Waals surface area contributed by atoms with Crippen LogP contribution in [0.25, 0.3) is 5.69 Å². The van der Waals surface area contributed by atoms with Crippen LogP contribution in [0.5, 0.6) is 11.8 Å². The van der Waals surface area contributed by atoms with Crippen LogP contribution in [0.4, 0.5) is 5.95 Å². The first-order chi connectivity index (χ1) is 16.3. The van der Waals surface area contributed by atoms with Crippen LogP contribution in [0.2, 0.25) is 5.02 Å². The summed E-state index contributed by atoms with van der Waals surface area (Å²) in [7, 11) is -1.04. The van der Waals surface area contributed by atoms with Crippen LogP contribution >= 0.6 is 11.6 Å². The van der Waals surface area contributed by atoms with E-state index in [-0.39, 0.29) is 23.6 Å². The minimum Gasteiger partial charge on any atom is -0.479 e. The van der Waals surface area contributed by atoms with Crippen molar-refractivity contribution in [3.63, 3.8) is 0 Å². The maximum atomic E-state index is 13.4. The quantitative estimate of drug-likeness (QED) is 0.457. The molecule has 0 aromatic carbocycles. The van der Waals surface area contributed by atoms with Gasteiger partial charge in [-0.25, -0.2) is 18.4 Å². The van der Waals surface area contributed by atoms with E-state index >= 15 is 0 Å². The number of aromatic nitrogens is 7. The van der Waals surface area contributed by atoms with E-state index in [1.54, 1.807) is 18.4 Å². The van der Waals surface area contributed by atoms with E-state index in [0.29, 0.717) is 22.4 Å². The zero-order chi connectivity index (χ0) is 24.5. The van der Waals surface area contributed by atoms with Gasteiger partial charge in [0, 0.05) is 24.2 Å². The van der Waals surface area contributed by atoms with Gasteiger partial charge in [0.15, 0.2) is 5.69 Å². The predicted octanol–water partition coefficient (Wildman–Crippen LogP) is 2.72. The van der Waals surface area contributed by atoms with E-state index in [1.165, 1.54) is 32.9 Å². The molecule has 2 atom stereocenters. The number of hydrogen-bond donors (Lipinski definition) is 1. The number of sulfonamides is 1. The van der Waals surface area contributed by atoms with Crippen molar-refractivity contribution in [3.05, 3.63) is 35.4 Å². The van der Waals surface area contributed by atoms with Gasteiger partial charge in [-0.3, -0.25) is 9.29 Å². The second-order valence-corrected chi connectivity index (χ2v) is 10.5. The summed E-state index contributed by atoms with van der Waals surface area (Å²) in [6, 6.07) is 0. The van der Waals surface area contributed by atoms with Gasteiger partial charge in [-0.05, 0) is 19.8 Å². The summed E-state index contributed by atoms with van der Waals surface area (Å²) in [5.74, 6) is 0.910. The minimum atomic E-state index is -3.95. The molecule has 3 heterocycles. The van der Waals surface area contributed by atoms with E-state index < -0.39 is 21.2 Å². The van der Waals surface area contributed by atoms with Crippen LogP contribution in [0.15, 0.2) is 18.7 Å². The molecule has 0 unspecified atom stereocenters. The fraction of sp³-hybridized carbons (Fsp3) is 0.500. The maximum absolute atomic E-state index is 13.4. The summed E-state index contributed by atoms with van der Waals surface area (Å²) in [5.41, 5.74) is 0.318. The molecule has 0 amide bonds. The molecule has 0 saturated heterocycles. The molecule has 14 heteroatoms. The molecular formula is C20H25ClN8O4S. The molecule has 4 rings (SSSR count). The van der Waals surface area contributed by atoms with E-state index in [2.05, 4.69) is 34.9 Å². The third kappa shape index (κ3) is 4.49. The molecule has 34 heavy (non-hydrogen) atoms. The predicted molar refractivity (Wildman–Crippen MR) is 124 cm³/mol. The number of halogens is 1. The van der Waals surface area contributed by atoms with Crippen LogP contribution in [0, 0.1) is 0 Å². The van der Waals surface area contributed by atoms with Gasteiger partial charge in [-0.15, -0.1) is 10.2 Å². The lowest BCUT2D eigenvalue weighted by Gasteiger charge is -2.26. The summed E-state index contributed by atoms with van der Waals surface area (Å²) in [6.07, 6.45) is 7.03. The van der Waals surface area contributed by atoms with E-state index in [0.717, 1.165) is 19.3 Å². The number of ether oxygens (including phenoxy) is 2. The van der Waals surface area contributed by atoms with Crippen molar-refractivity contribution < 1.29 is 17.9 Å². The number of rotatable bonds is 9. The molecule has 0 bridgehead atoms. The Morgan fingerprint density at radius 2 is 1.68 bits per heavy atom. The average Bonchev–Trinajstić information content (AvgIpc) is 3.18. The number of methoxy groups -OCH3 is 2. The Morgan fingerprint density at radius 3 is 2.21 bits per heavy atom. The molecule has 182 valence electrons. The van der Waals surface area contributed by atoms with Crippen molar-refractivity contribution in [1.82, 2.24) is 34.7 Å². The molecule has 1 N–H and O–H groups in total. The van der Waals surface area contributed by atoms with Crippen molar-refractivity contribution in [3.8, 4) is 17.4 Å². The minimum absolute atomic E-state index is 0.00984. The number of nitrogens with zero attached hydrogens (tertiary/aromatic N) is 7. The van der Waals surface area contributed by atoms with Crippen molar-refractivity contribution in [1.29, 1.82) is 0 Å². The van der Waals surface area contributed by atoms with Crippen molar-refractivity contribution in [2.45, 2.75) is 50.2 Å². The zero-order valence-corrected chi connectivity index (χ0v) is 20.7. The third-order valence-corrected chi connectivity index (χ3v) is 8.05. The Balaban J connectivity index is 1.74. The SMILES string of the molecule is COc1ncnc(OC)c1-n1c(NS(=O)(=O)[C@@H](C)[C@H](C)c2ncc(Cl)cn2)nnc1C1CCC1. The molecule has 12 nitrogen and oxygen atoms in total. The number of anilines is 1. The highest BCUT2D eigenvalue weighted by Gasteiger charge is 2.35. The topological polar surface area (TPSA) is 147 Å². The van der Waals surface area contributed by atoms with Crippen LogP contribution in [-0.2, 0) is 10.0 Å². The van der Waals surface area contributed by atoms with Crippen LogP contribution in [-0.4, -0.2) is 62.6 Å². The van der Waals surface area contributed by atoms with Crippen LogP contribution in [0.3, 0.4) is 0 Å². The molecule has 0 spiro atoms. The normalized spacial score (nSPS) is 15.9. The van der Waals surface area contributed by atoms with Crippen LogP contribution < -0.4 is 14.2 Å². The molecule has 1 aliphatic rings. The van der Waals surface area contributed by atoms with Crippen molar-refractivity contribution >= 4 is 27.6 Å². The van der Waals surface area contributed by atoms with Crippen molar-refractivity contribution in [2.75, 3.05) is 18.9 Å². The van der Waals surface area contributed by atoms with Gasteiger partial charge in [-0.1, -0.05) is 24.9 Å². The second kappa shape index (κ2) is 9.66. The summed E-state index contributed by atoms with van der Waals surface area (Å²) in [6.45, 7) is 3.31. The molecule has 3 aromatic heterocycles. The smallest absolute Gasteiger partial charge is 0.245 e. The summed E-state index contributed by atoms with van der Waals surface area (Å²) in [5, 5.41) is 7.93. The third-order valence-electron chi connectivity index (χ3n) is 6.00. The molecule has 1 saturated carbocycles. The highest BCUT2D eigenvalue weighted by atomic mass is 35.5. The monoisotopic (exact) mass is 508 g/mol. The van der Waals surface area contributed by atoms with Crippen molar-refractivity contribution in [2.24, 2.45) is 0 Å². The maximum Gasteiger partial charge on any atom is 0.245 e. The largest absolute Gasteiger partial charge is 0.479 e. The van der Waals surface area contributed by atoms with E-state index in [4.69, 9.17) is 21.1 Å². The Bertz CT molecular complexity index is 1240. The molecular weight excluding hydrogens is 484 g/mol. The fourth-order valence-electron chi connectivity index (χ4n) is 3.61. The first kappa shape index (κ1) is 24.1. The lowest BCUT2D eigenvalue weighted by molar-refractivity contribution is 0.362. The van der Waals surface area contributed by atoms with Gasteiger partial charge >= 0.3 is 0 Å². The van der Waals surface area contributed by atoms with E-state index in [1.807, 2.05) is 0 Å². The standard InChI is InChI=1S/C20H25ClN8O4S/c1-11(16-22-8-14(21)9-23-16)12(2)34(30,31)28-20-27-26-17(13-6-5-7-13)29(20)15-18(32-3)24-10-25-19(15)33-4/h8-13H,5-7H2,1-4H3,(H,27,28)/t11-,12-/m0/s1. The van der Waals surface area contributed by atoms with Gasteiger partial charge in [0.05, 0.1) is 24.5 Å². The molecule has 0 aliphatic heterocycles. The Labute approximate surface area is 202 Å². The summed E-state index contributed by atoms with van der Waals surface area (Å²) in [4.78, 5) is 16.6. The average molecular weight is 509 g/mol. The second-order valence-electron chi connectivity index (χ2n) is 7.99. The van der Waals surface area contributed by atoms with E-state index in [9.17, 15) is 8.42 Å². The van der Waals surface area contributed by atoms with Gasteiger partial charge in [0.1, 0.15) is 18.0 Å². The zero-order valence-electron chi connectivity index (χ0n) is 19.1. The lowest BCUT2D eigenvalue weighted by atomic mass is 9.85. The van der Waals surface area contributed by atoms with Gasteiger partial charge in [0.2, 0.25) is 27.7 Å². The number of nitrogens with one attached hydrogen (secondary N) is 1. The van der Waals surface area contributed by atoms with Crippen LogP contribution in [0.1, 0.15) is 56.6 Å². The Hall–Kier alpha value is -3.06. The van der Waals surface area contributed by atoms with Gasteiger partial charge in [-0.2, -0.15) is 9.97 Å². The highest BCUT2D eigenvalue weighted by molar-refractivity contribution is 7.93. The first-order valence-corrected chi connectivity index (χ1v) is 12.6. The van der Waals surface area contributed by atoms with Gasteiger partial charge in [0.25, 0.3) is 0 Å². The summed E-state index contributed by atoms with van der Waals surface area (Å²) < 4.78 is 41.7. The molecule has 3 aromatic rings. The first-order valence-electron chi connectivity index (χ1n) is 10.6. The number of hydrogen-bond acceptors (Lipinski definition) is 10. The lowest BCUT2D eigenvalue weighted by Crippen LogP contribution is -2.31. The molecule has 0 radical (unpaired) electrons. The molecule has 1 aliphatic carbocycles. The highest BCUT2D eigenvalue weighted by Crippen LogP contribution is 2.40. The summed E-state index contributed by atoms with van der Waals surface area (Å²) >= 11 is 5.86. The Morgan fingerprint density at radius 1 is 1.06 bits per heavy atom. The fourth-order valence-corrected chi connectivity index (χ4v) is 4.94. The van der Waals surface area contributed by atoms with Gasteiger partial charge < -0.3 is 9.47 Å².